The molecule has 2 aromatic rings. The predicted molar refractivity (Wildman–Crippen MR) is 53.2 cm³/mol. The Kier molecular flexibility index (Phi) is 2.39. The van der Waals surface area contributed by atoms with Gasteiger partial charge in [0.2, 0.25) is 0 Å². The molecular formula is C8H9N3O3. The number of H-pyrrole nitrogens is 2. The number of fused-ring (bicyclic) bond motifs is 1. The monoisotopic (exact) mass is 195 g/mol. The maximum Gasteiger partial charge on any atom is 0.270 e. The number of aromatic amines is 2. The van der Waals surface area contributed by atoms with E-state index in [0.717, 1.165) is 0 Å². The Morgan fingerprint density at radius 3 is 2.21 bits per heavy atom. The summed E-state index contributed by atoms with van der Waals surface area (Å²) in [5.74, 6) is 0. The Morgan fingerprint density at radius 1 is 1.00 bits per heavy atom. The van der Waals surface area contributed by atoms with E-state index in [1.807, 2.05) is 0 Å². The lowest BCUT2D eigenvalue weighted by molar-refractivity contribution is 0.824. The molecule has 6 nitrogen and oxygen atoms in total. The second-order valence-electron chi connectivity index (χ2n) is 2.71. The summed E-state index contributed by atoms with van der Waals surface area (Å²) in [7, 11) is 0. The molecule has 6 heteroatoms. The van der Waals surface area contributed by atoms with Crippen molar-refractivity contribution < 1.29 is 5.48 Å². The number of nitrogen functional groups attached to an aromatic ring is 1. The maximum absolute atomic E-state index is 11.2. The summed E-state index contributed by atoms with van der Waals surface area (Å²) < 4.78 is 0. The molecule has 0 saturated carbocycles. The normalized spacial score (nSPS) is 9.71. The van der Waals surface area contributed by atoms with Crippen LogP contribution in [0.3, 0.4) is 0 Å². The van der Waals surface area contributed by atoms with E-state index in [1.54, 1.807) is 6.07 Å². The second-order valence-corrected chi connectivity index (χ2v) is 2.71. The minimum absolute atomic E-state index is 0. The minimum Gasteiger partial charge on any atom is -0.412 e. The van der Waals surface area contributed by atoms with Gasteiger partial charge in [0.05, 0.1) is 10.8 Å². The van der Waals surface area contributed by atoms with Crippen LogP contribution in [-0.2, 0) is 0 Å². The second kappa shape index (κ2) is 3.35. The van der Waals surface area contributed by atoms with Gasteiger partial charge in [-0.25, -0.2) is 0 Å². The van der Waals surface area contributed by atoms with Gasteiger partial charge in [-0.3, -0.25) is 19.8 Å². The quantitative estimate of drug-likeness (QED) is 0.466. The van der Waals surface area contributed by atoms with Gasteiger partial charge in [0.15, 0.2) is 0 Å². The zero-order valence-electron chi connectivity index (χ0n) is 7.13. The molecule has 14 heavy (non-hydrogen) atoms. The third kappa shape index (κ3) is 1.38. The highest BCUT2D eigenvalue weighted by Crippen LogP contribution is 2.08. The number of anilines is 1. The molecule has 0 spiro atoms. The molecule has 1 aromatic heterocycles. The van der Waals surface area contributed by atoms with Crippen molar-refractivity contribution >= 4 is 16.5 Å². The lowest BCUT2D eigenvalue weighted by Crippen LogP contribution is -2.18. The fourth-order valence-corrected chi connectivity index (χ4v) is 1.20. The number of benzene rings is 1. The third-order valence-corrected chi connectivity index (χ3v) is 1.82. The Hall–Kier alpha value is -2.08. The van der Waals surface area contributed by atoms with Crippen molar-refractivity contribution in [2.45, 2.75) is 0 Å². The van der Waals surface area contributed by atoms with Crippen LogP contribution in [0.15, 0.2) is 27.8 Å². The molecule has 0 aliphatic carbocycles. The van der Waals surface area contributed by atoms with Gasteiger partial charge >= 0.3 is 0 Å². The van der Waals surface area contributed by atoms with Crippen LogP contribution >= 0.6 is 0 Å². The van der Waals surface area contributed by atoms with Crippen molar-refractivity contribution in [3.8, 4) is 0 Å². The van der Waals surface area contributed by atoms with Gasteiger partial charge in [0, 0.05) is 5.69 Å². The summed E-state index contributed by atoms with van der Waals surface area (Å²) in [4.78, 5) is 22.4. The zero-order chi connectivity index (χ0) is 9.42. The molecule has 0 aliphatic rings. The van der Waals surface area contributed by atoms with Gasteiger partial charge in [-0.15, -0.1) is 0 Å². The summed E-state index contributed by atoms with van der Waals surface area (Å²) >= 11 is 0. The van der Waals surface area contributed by atoms with Crippen LogP contribution in [0.5, 0.6) is 0 Å². The molecule has 1 aromatic carbocycles. The SMILES string of the molecule is Nc1ccc2c(=O)[nH][nH]c(=O)c2c1.O. The fraction of sp³-hybridized carbons (Fsp3) is 0. The first kappa shape index (κ1) is 10.0. The van der Waals surface area contributed by atoms with E-state index < -0.39 is 0 Å². The Bertz CT molecular complexity index is 570. The minimum atomic E-state index is -0.345. The highest BCUT2D eigenvalue weighted by molar-refractivity contribution is 5.83. The molecule has 0 atom stereocenters. The van der Waals surface area contributed by atoms with E-state index in [9.17, 15) is 9.59 Å². The smallest absolute Gasteiger partial charge is 0.270 e. The van der Waals surface area contributed by atoms with E-state index in [-0.39, 0.29) is 16.6 Å². The lowest BCUT2D eigenvalue weighted by atomic mass is 10.2. The first-order chi connectivity index (χ1) is 6.18. The molecule has 0 amide bonds. The van der Waals surface area contributed by atoms with E-state index >= 15 is 0 Å². The van der Waals surface area contributed by atoms with Gasteiger partial charge in [-0.05, 0) is 18.2 Å². The van der Waals surface area contributed by atoms with Gasteiger partial charge in [-0.1, -0.05) is 0 Å². The van der Waals surface area contributed by atoms with Gasteiger partial charge in [-0.2, -0.15) is 0 Å². The molecule has 0 saturated heterocycles. The van der Waals surface area contributed by atoms with E-state index in [0.29, 0.717) is 16.5 Å². The molecule has 0 unspecified atom stereocenters. The van der Waals surface area contributed by atoms with E-state index in [2.05, 4.69) is 10.2 Å². The molecule has 6 N–H and O–H groups in total. The highest BCUT2D eigenvalue weighted by Gasteiger charge is 2.01. The van der Waals surface area contributed by atoms with Gasteiger partial charge < -0.3 is 11.2 Å². The van der Waals surface area contributed by atoms with Crippen LogP contribution in [0.25, 0.3) is 10.8 Å². The van der Waals surface area contributed by atoms with Crippen LogP contribution in [0.2, 0.25) is 0 Å². The number of nitrogens with one attached hydrogen (secondary N) is 2. The van der Waals surface area contributed by atoms with Crippen LogP contribution < -0.4 is 16.9 Å². The van der Waals surface area contributed by atoms with Gasteiger partial charge in [0.1, 0.15) is 0 Å². The van der Waals surface area contributed by atoms with Crippen molar-refractivity contribution in [2.75, 3.05) is 5.73 Å². The van der Waals surface area contributed by atoms with Crippen molar-refractivity contribution in [3.05, 3.63) is 38.9 Å². The van der Waals surface area contributed by atoms with Crippen LogP contribution in [0.1, 0.15) is 0 Å². The summed E-state index contributed by atoms with van der Waals surface area (Å²) in [6, 6.07) is 4.58. The number of rotatable bonds is 0. The highest BCUT2D eigenvalue weighted by atomic mass is 16.1. The number of aromatic nitrogens is 2. The van der Waals surface area contributed by atoms with Crippen molar-refractivity contribution in [2.24, 2.45) is 0 Å². The topological polar surface area (TPSA) is 123 Å². The van der Waals surface area contributed by atoms with Crippen molar-refractivity contribution in [3.63, 3.8) is 0 Å². The fourth-order valence-electron chi connectivity index (χ4n) is 1.20. The molecule has 0 aliphatic heterocycles. The zero-order valence-corrected chi connectivity index (χ0v) is 7.13. The Labute approximate surface area is 77.7 Å². The molecule has 0 bridgehead atoms. The molecule has 0 radical (unpaired) electrons. The molecule has 74 valence electrons. The van der Waals surface area contributed by atoms with Gasteiger partial charge in [0.25, 0.3) is 11.1 Å². The first-order valence-corrected chi connectivity index (χ1v) is 3.68. The number of hydrogen-bond donors (Lipinski definition) is 3. The third-order valence-electron chi connectivity index (χ3n) is 1.82. The Balaban J connectivity index is 0.000000980. The molecular weight excluding hydrogens is 186 g/mol. The molecule has 0 fully saturated rings. The van der Waals surface area contributed by atoms with Crippen LogP contribution in [0, 0.1) is 0 Å². The van der Waals surface area contributed by atoms with Crippen LogP contribution in [-0.4, -0.2) is 15.7 Å². The summed E-state index contributed by atoms with van der Waals surface area (Å²) in [5.41, 5.74) is 5.27. The summed E-state index contributed by atoms with van der Waals surface area (Å²) in [6.45, 7) is 0. The number of hydrogen-bond acceptors (Lipinski definition) is 3. The van der Waals surface area contributed by atoms with E-state index in [4.69, 9.17) is 5.73 Å². The Morgan fingerprint density at radius 2 is 1.57 bits per heavy atom. The largest absolute Gasteiger partial charge is 0.412 e. The molecule has 1 heterocycles. The van der Waals surface area contributed by atoms with Crippen molar-refractivity contribution in [1.29, 1.82) is 0 Å². The lowest BCUT2D eigenvalue weighted by Gasteiger charge is -1.96. The standard InChI is InChI=1S/C8H7N3O2.H2O/c9-4-1-2-5-6(3-4)8(13)11-10-7(5)12;/h1-3H,9H2,(H,10,12)(H,11,13);1H2. The first-order valence-electron chi connectivity index (χ1n) is 3.68. The van der Waals surface area contributed by atoms with Crippen LogP contribution in [0.4, 0.5) is 5.69 Å². The average Bonchev–Trinajstić information content (AvgIpc) is 2.12. The predicted octanol–water partition coefficient (Wildman–Crippen LogP) is -1.03. The van der Waals surface area contributed by atoms with Crippen molar-refractivity contribution in [1.82, 2.24) is 10.2 Å². The maximum atomic E-state index is 11.2. The summed E-state index contributed by atoms with van der Waals surface area (Å²) in [6.07, 6.45) is 0. The summed E-state index contributed by atoms with van der Waals surface area (Å²) in [5, 5.41) is 5.10. The average molecular weight is 195 g/mol. The van der Waals surface area contributed by atoms with E-state index in [1.165, 1.54) is 12.1 Å². The number of nitrogens with two attached hydrogens (primary N) is 1. The molecule has 2 rings (SSSR count).